The van der Waals surface area contributed by atoms with Crippen LogP contribution in [0.3, 0.4) is 0 Å². The smallest absolute Gasteiger partial charge is 0.270 e. The molecule has 0 aliphatic carbocycles. The van der Waals surface area contributed by atoms with Crippen molar-refractivity contribution in [2.24, 2.45) is 4.99 Å². The highest BCUT2D eigenvalue weighted by Gasteiger charge is 2.25. The number of amides is 1. The van der Waals surface area contributed by atoms with Gasteiger partial charge in [0.05, 0.1) is 11.8 Å². The largest absolute Gasteiger partial charge is 0.353 e. The van der Waals surface area contributed by atoms with Crippen molar-refractivity contribution in [3.63, 3.8) is 0 Å². The van der Waals surface area contributed by atoms with E-state index in [2.05, 4.69) is 16.9 Å². The SMILES string of the molecule is C=C(Nc1ccc(C(C)(F)F)cc1)C(=N/C=C\C)N1CCN(C(=O)/C=C/C#N)CC1.CC. The molecule has 1 aromatic rings. The number of benzene rings is 1. The summed E-state index contributed by atoms with van der Waals surface area (Å²) < 4.78 is 26.8. The summed E-state index contributed by atoms with van der Waals surface area (Å²) in [6.45, 7) is 12.8. The van der Waals surface area contributed by atoms with E-state index in [9.17, 15) is 13.6 Å². The lowest BCUT2D eigenvalue weighted by molar-refractivity contribution is -0.127. The van der Waals surface area contributed by atoms with E-state index >= 15 is 0 Å². The van der Waals surface area contributed by atoms with Crippen LogP contribution in [-0.2, 0) is 10.7 Å². The Bertz CT molecular complexity index is 884. The summed E-state index contributed by atoms with van der Waals surface area (Å²) in [6.07, 6.45) is 5.86. The summed E-state index contributed by atoms with van der Waals surface area (Å²) in [5, 5.41) is 11.7. The number of allylic oxidation sites excluding steroid dienone is 2. The summed E-state index contributed by atoms with van der Waals surface area (Å²) in [5.74, 6) is -2.49. The van der Waals surface area contributed by atoms with Crippen LogP contribution in [-0.4, -0.2) is 47.7 Å². The second kappa shape index (κ2) is 13.1. The van der Waals surface area contributed by atoms with Gasteiger partial charge in [0.25, 0.3) is 5.92 Å². The molecule has 0 saturated carbocycles. The Morgan fingerprint density at radius 2 is 1.75 bits per heavy atom. The summed E-state index contributed by atoms with van der Waals surface area (Å²) in [4.78, 5) is 20.1. The third-order valence-corrected chi connectivity index (χ3v) is 4.49. The molecule has 0 unspecified atom stereocenters. The second-order valence-corrected chi connectivity index (χ2v) is 6.78. The molecule has 32 heavy (non-hydrogen) atoms. The molecule has 1 aromatic carbocycles. The number of amidine groups is 1. The number of nitrogens with zero attached hydrogens (tertiary/aromatic N) is 4. The number of hydrogen-bond acceptors (Lipinski definition) is 4. The summed E-state index contributed by atoms with van der Waals surface area (Å²) in [5.41, 5.74) is 1.08. The minimum Gasteiger partial charge on any atom is -0.353 e. The van der Waals surface area contributed by atoms with Crippen LogP contribution in [0.15, 0.2) is 66.0 Å². The Balaban J connectivity index is 0.00000249. The van der Waals surface area contributed by atoms with Gasteiger partial charge in [0, 0.05) is 62.7 Å². The van der Waals surface area contributed by atoms with Crippen LogP contribution in [0.5, 0.6) is 0 Å². The van der Waals surface area contributed by atoms with E-state index < -0.39 is 5.92 Å². The van der Waals surface area contributed by atoms with Crippen molar-refractivity contribution >= 4 is 17.4 Å². The fourth-order valence-corrected chi connectivity index (χ4v) is 2.92. The predicted octanol–water partition coefficient (Wildman–Crippen LogP) is 4.91. The van der Waals surface area contributed by atoms with Gasteiger partial charge in [-0.15, -0.1) is 0 Å². The van der Waals surface area contributed by atoms with Crippen LogP contribution < -0.4 is 5.32 Å². The standard InChI is InChI=1S/C22H25F2N5O.C2H6/c1-4-12-26-21(29-15-13-28(14-16-29)20(30)6-5-11-25)17(2)27-19-9-7-18(8-10-19)22(3,23)24;1-2/h4-10,12,27H,2,13-16H2,1,3H3;1-2H3/b6-5+,12-4-,26-21?;. The highest BCUT2D eigenvalue weighted by Crippen LogP contribution is 2.28. The lowest BCUT2D eigenvalue weighted by atomic mass is 10.1. The Morgan fingerprint density at radius 1 is 1.19 bits per heavy atom. The minimum absolute atomic E-state index is 0.0623. The van der Waals surface area contributed by atoms with Gasteiger partial charge in [-0.1, -0.05) is 38.6 Å². The van der Waals surface area contributed by atoms with Crippen LogP contribution >= 0.6 is 0 Å². The first-order valence-electron chi connectivity index (χ1n) is 10.5. The number of carbonyl (C=O) groups is 1. The van der Waals surface area contributed by atoms with Gasteiger partial charge in [0.1, 0.15) is 0 Å². The number of anilines is 1. The van der Waals surface area contributed by atoms with Crippen molar-refractivity contribution < 1.29 is 13.6 Å². The van der Waals surface area contributed by atoms with Crippen molar-refractivity contribution in [1.29, 1.82) is 5.26 Å². The van der Waals surface area contributed by atoms with E-state index in [0.29, 0.717) is 43.4 Å². The maximum atomic E-state index is 13.4. The molecular formula is C24H31F2N5O. The number of piperazine rings is 1. The van der Waals surface area contributed by atoms with Crippen LogP contribution in [0.2, 0.25) is 0 Å². The molecule has 6 nitrogen and oxygen atoms in total. The molecule has 1 amide bonds. The van der Waals surface area contributed by atoms with Gasteiger partial charge in [-0.25, -0.2) is 13.8 Å². The van der Waals surface area contributed by atoms with E-state index in [0.717, 1.165) is 6.92 Å². The van der Waals surface area contributed by atoms with Gasteiger partial charge >= 0.3 is 0 Å². The summed E-state index contributed by atoms with van der Waals surface area (Å²) in [7, 11) is 0. The normalized spacial score (nSPS) is 14.7. The maximum Gasteiger partial charge on any atom is 0.270 e. The Morgan fingerprint density at radius 3 is 2.25 bits per heavy atom. The molecule has 0 atom stereocenters. The van der Waals surface area contributed by atoms with Gasteiger partial charge in [0.2, 0.25) is 5.91 Å². The van der Waals surface area contributed by atoms with E-state index in [1.54, 1.807) is 29.3 Å². The monoisotopic (exact) mass is 443 g/mol. The molecular weight excluding hydrogens is 412 g/mol. The highest BCUT2D eigenvalue weighted by molar-refractivity contribution is 6.00. The molecule has 0 bridgehead atoms. The van der Waals surface area contributed by atoms with Crippen LogP contribution in [0.25, 0.3) is 0 Å². The molecule has 8 heteroatoms. The topological polar surface area (TPSA) is 71.7 Å². The third kappa shape index (κ3) is 7.99. The van der Waals surface area contributed by atoms with Crippen molar-refractivity contribution in [1.82, 2.24) is 9.80 Å². The Kier molecular flexibility index (Phi) is 10.8. The molecule has 0 spiro atoms. The van der Waals surface area contributed by atoms with E-state index in [1.165, 1.54) is 24.3 Å². The predicted molar refractivity (Wildman–Crippen MR) is 125 cm³/mol. The summed E-state index contributed by atoms with van der Waals surface area (Å²) >= 11 is 0. The minimum atomic E-state index is -2.90. The quantitative estimate of drug-likeness (QED) is 0.294. The van der Waals surface area contributed by atoms with Crippen molar-refractivity contribution in [3.8, 4) is 6.07 Å². The molecule has 1 heterocycles. The van der Waals surface area contributed by atoms with Gasteiger partial charge in [-0.3, -0.25) is 4.79 Å². The third-order valence-electron chi connectivity index (χ3n) is 4.49. The first-order valence-corrected chi connectivity index (χ1v) is 10.5. The second-order valence-electron chi connectivity index (χ2n) is 6.78. The molecule has 172 valence electrons. The number of aliphatic imine (C=N–C) groups is 1. The van der Waals surface area contributed by atoms with Crippen LogP contribution in [0.1, 0.15) is 33.3 Å². The summed E-state index contributed by atoms with van der Waals surface area (Å²) in [6, 6.07) is 7.70. The fraction of sp³-hybridized carbons (Fsp3) is 0.375. The number of nitriles is 1. The molecule has 1 aliphatic rings. The maximum absolute atomic E-state index is 13.4. The fourth-order valence-electron chi connectivity index (χ4n) is 2.92. The first-order chi connectivity index (χ1) is 15.3. The van der Waals surface area contributed by atoms with Crippen LogP contribution in [0, 0.1) is 11.3 Å². The van der Waals surface area contributed by atoms with Crippen molar-refractivity contribution in [3.05, 3.63) is 66.5 Å². The molecule has 2 rings (SSSR count). The van der Waals surface area contributed by atoms with E-state index in [4.69, 9.17) is 5.26 Å². The number of halogens is 2. The molecule has 0 aromatic heterocycles. The molecule has 0 radical (unpaired) electrons. The van der Waals surface area contributed by atoms with E-state index in [-0.39, 0.29) is 11.5 Å². The van der Waals surface area contributed by atoms with Gasteiger partial charge in [-0.2, -0.15) is 5.26 Å². The number of hydrogen-bond donors (Lipinski definition) is 1. The Hall–Kier alpha value is -3.47. The highest BCUT2D eigenvalue weighted by atomic mass is 19.3. The zero-order chi connectivity index (χ0) is 24.1. The molecule has 1 aliphatic heterocycles. The zero-order valence-electron chi connectivity index (χ0n) is 19.1. The average molecular weight is 444 g/mol. The average Bonchev–Trinajstić information content (AvgIpc) is 2.79. The first kappa shape index (κ1) is 26.6. The molecule has 1 N–H and O–H groups in total. The molecule has 1 saturated heterocycles. The lowest BCUT2D eigenvalue weighted by Gasteiger charge is -2.36. The zero-order valence-corrected chi connectivity index (χ0v) is 19.1. The van der Waals surface area contributed by atoms with Gasteiger partial charge in [0.15, 0.2) is 5.84 Å². The number of carbonyl (C=O) groups excluding carboxylic acids is 1. The number of nitrogens with one attached hydrogen (secondary N) is 1. The lowest BCUT2D eigenvalue weighted by Crippen LogP contribution is -2.51. The van der Waals surface area contributed by atoms with Crippen molar-refractivity contribution in [2.75, 3.05) is 31.5 Å². The number of rotatable bonds is 6. The molecule has 1 fully saturated rings. The van der Waals surface area contributed by atoms with Gasteiger partial charge in [-0.05, 0) is 19.1 Å². The van der Waals surface area contributed by atoms with Gasteiger partial charge < -0.3 is 15.1 Å². The van der Waals surface area contributed by atoms with Crippen LogP contribution in [0.4, 0.5) is 14.5 Å². The van der Waals surface area contributed by atoms with Crippen molar-refractivity contribution in [2.45, 2.75) is 33.6 Å². The Labute approximate surface area is 189 Å². The number of alkyl halides is 2. The van der Waals surface area contributed by atoms with E-state index in [1.807, 2.05) is 31.7 Å².